The Balaban J connectivity index is 0.865. The molecule has 0 saturated heterocycles. The maximum absolute atomic E-state index is 14.3. The molecule has 0 aliphatic carbocycles. The lowest BCUT2D eigenvalue weighted by Crippen LogP contribution is -2.32. The van der Waals surface area contributed by atoms with Crippen LogP contribution in [-0.4, -0.2) is 86.8 Å². The summed E-state index contributed by atoms with van der Waals surface area (Å²) in [5, 5.41) is 54.8. The number of hydrogen-bond donors (Lipinski definition) is 2. The second-order valence-electron chi connectivity index (χ2n) is 20.9. The van der Waals surface area contributed by atoms with Crippen molar-refractivity contribution in [3.8, 4) is 23.0 Å². The summed E-state index contributed by atoms with van der Waals surface area (Å²) >= 11 is 0. The number of nitro groups is 4. The number of aromatic nitrogens is 6. The number of nitrogens with one attached hydrogen (secondary N) is 2. The van der Waals surface area contributed by atoms with Gasteiger partial charge in [0, 0.05) is 63.5 Å². The van der Waals surface area contributed by atoms with Gasteiger partial charge in [-0.1, -0.05) is 48.5 Å². The fourth-order valence-electron chi connectivity index (χ4n) is 11.3. The highest BCUT2D eigenvalue weighted by molar-refractivity contribution is 6.07. The lowest BCUT2D eigenvalue weighted by molar-refractivity contribution is -0.384. The lowest BCUT2D eigenvalue weighted by atomic mass is 10.0. The Labute approximate surface area is 510 Å². The lowest BCUT2D eigenvalue weighted by Gasteiger charge is -2.21. The normalized spacial score (nSPS) is 11.2. The fourth-order valence-corrected chi connectivity index (χ4v) is 11.3. The zero-order valence-corrected chi connectivity index (χ0v) is 49.7. The van der Waals surface area contributed by atoms with Gasteiger partial charge < -0.3 is 29.6 Å². The predicted molar refractivity (Wildman–Crippen MR) is 341 cm³/mol. The molecule has 0 spiro atoms. The van der Waals surface area contributed by atoms with Crippen LogP contribution in [0, 0.1) is 40.5 Å². The van der Waals surface area contributed by atoms with Gasteiger partial charge in [-0.3, -0.25) is 50.0 Å². The maximum atomic E-state index is 14.3. The van der Waals surface area contributed by atoms with Gasteiger partial charge in [0.05, 0.1) is 41.8 Å². The first-order valence-corrected chi connectivity index (χ1v) is 29.1. The van der Waals surface area contributed by atoms with Gasteiger partial charge in [-0.05, 0) is 167 Å². The van der Waals surface area contributed by atoms with E-state index in [1.807, 2.05) is 73.2 Å². The summed E-state index contributed by atoms with van der Waals surface area (Å²) < 4.78 is 4.02. The molecule has 10 rings (SSSR count). The van der Waals surface area contributed by atoms with Crippen LogP contribution in [0.25, 0.3) is 45.1 Å². The number of nitro benzene ring substituents is 4. The number of amides is 2. The van der Waals surface area contributed by atoms with Crippen LogP contribution in [0.1, 0.15) is 95.9 Å². The quantitative estimate of drug-likeness (QED) is 0.0420. The molecule has 0 atom stereocenters. The minimum absolute atomic E-state index is 0.0563. The molecule has 0 unspecified atom stereocenters. The SMILES string of the molecule is CCNc1ccc(Cc2ccc(N(CC)C(=O)c3cccc(-c4nc5cc(Cc6ccc7c(c6)nc(-c6cccc(C(=O)N(CC)c8ccc(Cc9ccc(NCC)c([N+](=O)[O-])c9)cc8[N+](=O)[O-])n6)n7CC)ccc5n4CC)n3)c([N+](=O)[O-])c2)cc1[N+](=O)[O-]. The summed E-state index contributed by atoms with van der Waals surface area (Å²) in [5.41, 5.74) is 8.35. The minimum Gasteiger partial charge on any atom is -0.380 e. The maximum Gasteiger partial charge on any atom is 0.293 e. The van der Waals surface area contributed by atoms with Crippen molar-refractivity contribution in [2.75, 3.05) is 46.6 Å². The van der Waals surface area contributed by atoms with E-state index in [9.17, 15) is 50.0 Å². The molecule has 0 fully saturated rings. The molecule has 10 aromatic rings. The number of aryl methyl sites for hydroxylation is 2. The number of nitrogens with zero attached hydrogens (tertiary/aromatic N) is 12. The molecule has 2 N–H and O–H groups in total. The van der Waals surface area contributed by atoms with Gasteiger partial charge in [0.15, 0.2) is 11.6 Å². The van der Waals surface area contributed by atoms with Gasteiger partial charge in [0.2, 0.25) is 0 Å². The first kappa shape index (κ1) is 60.8. The van der Waals surface area contributed by atoms with E-state index in [1.165, 1.54) is 46.2 Å². The third kappa shape index (κ3) is 12.5. The van der Waals surface area contributed by atoms with E-state index in [0.29, 0.717) is 100 Å². The largest absolute Gasteiger partial charge is 0.380 e. The van der Waals surface area contributed by atoms with E-state index < -0.39 is 31.5 Å². The van der Waals surface area contributed by atoms with Crippen LogP contribution >= 0.6 is 0 Å². The summed E-state index contributed by atoms with van der Waals surface area (Å²) in [6.45, 7) is 13.3. The number of carbonyl (C=O) groups is 2. The molecule has 24 heteroatoms. The van der Waals surface area contributed by atoms with Crippen molar-refractivity contribution in [1.82, 2.24) is 29.1 Å². The van der Waals surface area contributed by atoms with Crippen molar-refractivity contribution in [2.45, 2.75) is 73.9 Å². The average Bonchev–Trinajstić information content (AvgIpc) is 2.06. The predicted octanol–water partition coefficient (Wildman–Crippen LogP) is 13.2. The zero-order valence-electron chi connectivity index (χ0n) is 49.7. The van der Waals surface area contributed by atoms with Gasteiger partial charge in [0.25, 0.3) is 34.6 Å². The summed E-state index contributed by atoms with van der Waals surface area (Å²) in [6, 6.07) is 40.9. The van der Waals surface area contributed by atoms with Crippen LogP contribution in [-0.2, 0) is 32.4 Å². The molecule has 0 bridgehead atoms. The molecule has 0 saturated carbocycles. The van der Waals surface area contributed by atoms with Crippen LogP contribution in [0.15, 0.2) is 146 Å². The number of pyridine rings is 2. The van der Waals surface area contributed by atoms with Gasteiger partial charge in [0.1, 0.15) is 45.5 Å². The highest BCUT2D eigenvalue weighted by Gasteiger charge is 2.29. The monoisotopic (exact) mass is 1200 g/mol. The highest BCUT2D eigenvalue weighted by Crippen LogP contribution is 2.36. The first-order chi connectivity index (χ1) is 42.9. The van der Waals surface area contributed by atoms with Crippen LogP contribution in [0.3, 0.4) is 0 Å². The van der Waals surface area contributed by atoms with Crippen molar-refractivity contribution in [1.29, 1.82) is 0 Å². The summed E-state index contributed by atoms with van der Waals surface area (Å²) in [6.07, 6.45) is 0.884. The van der Waals surface area contributed by atoms with Crippen molar-refractivity contribution in [3.05, 3.63) is 231 Å². The topological polar surface area (TPSA) is 299 Å². The number of carbonyl (C=O) groups excluding carboxylic acids is 2. The standard InChI is InChI=1S/C65H62N14O10/c1-7-66-46-25-19-42(36-58(46)76(82)83)32-44-23-29-56(60(38-44)78(86)87)74(11-5)64(80)50-17-13-15-48(68-50)62-70-52-34-40(21-27-54(52)72(62)9-3)31-41-22-28-55-53(35-41)71-63(73(55)10-4)49-16-14-18-51(69-49)65(81)75(12-6)57-30-24-45(39-61(57)79(88)89)33-43-20-26-47(67-8-2)59(37-43)77(84)85/h13-30,34-39,66-67H,7-12,31-33H2,1-6H3. The van der Waals surface area contributed by atoms with Gasteiger partial charge >= 0.3 is 0 Å². The number of anilines is 4. The Bertz CT molecular complexity index is 4170. The van der Waals surface area contributed by atoms with Gasteiger partial charge in [-0.25, -0.2) is 19.9 Å². The molecule has 0 radical (unpaired) electrons. The molecule has 0 aliphatic heterocycles. The molecule has 6 aromatic carbocycles. The van der Waals surface area contributed by atoms with Crippen LogP contribution < -0.4 is 20.4 Å². The fraction of sp³-hybridized carbons (Fsp3) is 0.231. The van der Waals surface area contributed by atoms with E-state index in [2.05, 4.69) is 10.6 Å². The van der Waals surface area contributed by atoms with E-state index >= 15 is 0 Å². The van der Waals surface area contributed by atoms with Gasteiger partial charge in [-0.15, -0.1) is 0 Å². The van der Waals surface area contributed by atoms with Gasteiger partial charge in [-0.2, -0.15) is 0 Å². The second-order valence-corrected chi connectivity index (χ2v) is 20.9. The molecular formula is C65H62N14O10. The number of rotatable bonds is 24. The minimum atomic E-state index is -0.554. The summed E-state index contributed by atoms with van der Waals surface area (Å²) in [7, 11) is 0. The Morgan fingerprint density at radius 1 is 0.427 bits per heavy atom. The molecule has 452 valence electrons. The Morgan fingerprint density at radius 3 is 1.10 bits per heavy atom. The highest BCUT2D eigenvalue weighted by atomic mass is 16.6. The van der Waals surface area contributed by atoms with Crippen molar-refractivity contribution >= 4 is 79.4 Å². The second kappa shape index (κ2) is 26.1. The molecule has 0 aliphatic rings. The van der Waals surface area contributed by atoms with E-state index in [0.717, 1.165) is 22.2 Å². The number of fused-ring (bicyclic) bond motifs is 2. The number of imidazole rings is 2. The number of hydrogen-bond acceptors (Lipinski definition) is 16. The third-order valence-electron chi connectivity index (χ3n) is 15.3. The molecule has 4 heterocycles. The number of benzene rings is 6. The zero-order chi connectivity index (χ0) is 63.2. The summed E-state index contributed by atoms with van der Waals surface area (Å²) in [4.78, 5) is 97.7. The van der Waals surface area contributed by atoms with Crippen molar-refractivity contribution < 1.29 is 29.3 Å². The van der Waals surface area contributed by atoms with E-state index in [1.54, 1.807) is 86.6 Å². The molecular weight excluding hydrogens is 1140 g/mol. The van der Waals surface area contributed by atoms with Crippen molar-refractivity contribution in [2.24, 2.45) is 0 Å². The molecule has 4 aromatic heterocycles. The van der Waals surface area contributed by atoms with E-state index in [-0.39, 0.29) is 71.4 Å². The smallest absolute Gasteiger partial charge is 0.293 e. The first-order valence-electron chi connectivity index (χ1n) is 29.1. The Morgan fingerprint density at radius 2 is 0.764 bits per heavy atom. The van der Waals surface area contributed by atoms with Crippen molar-refractivity contribution in [3.63, 3.8) is 0 Å². The molecule has 2 amide bonds. The van der Waals surface area contributed by atoms with Crippen LogP contribution in [0.5, 0.6) is 0 Å². The van der Waals surface area contributed by atoms with Crippen LogP contribution in [0.4, 0.5) is 45.5 Å². The Kier molecular flexibility index (Phi) is 17.9. The average molecular weight is 1200 g/mol. The molecule has 89 heavy (non-hydrogen) atoms. The molecule has 24 nitrogen and oxygen atoms in total. The van der Waals surface area contributed by atoms with E-state index in [4.69, 9.17) is 19.9 Å². The Hall–Kier alpha value is -11.3. The third-order valence-corrected chi connectivity index (χ3v) is 15.3. The van der Waals surface area contributed by atoms with Crippen LogP contribution in [0.2, 0.25) is 0 Å². The summed E-state index contributed by atoms with van der Waals surface area (Å²) in [5.74, 6) is -0.0553.